The van der Waals surface area contributed by atoms with Gasteiger partial charge in [0, 0.05) is 6.04 Å². The molecule has 0 fully saturated rings. The summed E-state index contributed by atoms with van der Waals surface area (Å²) < 4.78 is 5.03. The van der Waals surface area contributed by atoms with Crippen LogP contribution in [-0.2, 0) is 4.79 Å². The van der Waals surface area contributed by atoms with E-state index in [1.54, 1.807) is 31.4 Å². The van der Waals surface area contributed by atoms with E-state index in [1.807, 2.05) is 13.8 Å². The van der Waals surface area contributed by atoms with Crippen molar-refractivity contribution in [2.45, 2.75) is 25.3 Å². The SMILES string of the molecule is COc1ccc(C(Cl)C(=O)NC(C)C)cc1. The van der Waals surface area contributed by atoms with E-state index in [-0.39, 0.29) is 11.9 Å². The zero-order valence-corrected chi connectivity index (χ0v) is 10.4. The molecule has 1 rings (SSSR count). The van der Waals surface area contributed by atoms with E-state index in [9.17, 15) is 4.79 Å². The minimum absolute atomic E-state index is 0.0898. The molecule has 3 nitrogen and oxygen atoms in total. The number of nitrogens with one attached hydrogen (secondary N) is 1. The van der Waals surface area contributed by atoms with Crippen LogP contribution in [0.15, 0.2) is 24.3 Å². The van der Waals surface area contributed by atoms with Gasteiger partial charge in [-0.05, 0) is 31.5 Å². The first-order valence-corrected chi connectivity index (χ1v) is 5.56. The monoisotopic (exact) mass is 241 g/mol. The van der Waals surface area contributed by atoms with Gasteiger partial charge in [0.2, 0.25) is 5.91 Å². The van der Waals surface area contributed by atoms with Crippen LogP contribution in [0.2, 0.25) is 0 Å². The van der Waals surface area contributed by atoms with Crippen LogP contribution in [0.5, 0.6) is 5.75 Å². The summed E-state index contributed by atoms with van der Waals surface area (Å²) >= 11 is 6.04. The molecular weight excluding hydrogens is 226 g/mol. The molecule has 1 aromatic carbocycles. The summed E-state index contributed by atoms with van der Waals surface area (Å²) in [5.41, 5.74) is 0.764. The molecule has 4 heteroatoms. The van der Waals surface area contributed by atoms with Crippen molar-refractivity contribution in [3.63, 3.8) is 0 Å². The Hall–Kier alpha value is -1.22. The number of carbonyl (C=O) groups excluding carboxylic acids is 1. The number of alkyl halides is 1. The van der Waals surface area contributed by atoms with Crippen LogP contribution in [0.3, 0.4) is 0 Å². The van der Waals surface area contributed by atoms with Gasteiger partial charge in [-0.15, -0.1) is 11.6 Å². The summed E-state index contributed by atoms with van der Waals surface area (Å²) in [5.74, 6) is 0.568. The Bertz CT molecular complexity index is 349. The second-order valence-corrected chi connectivity index (χ2v) is 4.24. The van der Waals surface area contributed by atoms with E-state index in [0.717, 1.165) is 11.3 Å². The lowest BCUT2D eigenvalue weighted by atomic mass is 10.1. The largest absolute Gasteiger partial charge is 0.497 e. The van der Waals surface area contributed by atoms with E-state index >= 15 is 0 Å². The van der Waals surface area contributed by atoms with Crippen LogP contribution >= 0.6 is 11.6 Å². The molecule has 0 aliphatic heterocycles. The standard InChI is InChI=1S/C12H16ClNO2/c1-8(2)14-12(15)11(13)9-4-6-10(16-3)7-5-9/h4-8,11H,1-3H3,(H,14,15). The smallest absolute Gasteiger partial charge is 0.242 e. The molecule has 1 unspecified atom stereocenters. The number of carbonyl (C=O) groups is 1. The molecule has 0 aromatic heterocycles. The van der Waals surface area contributed by atoms with Crippen molar-refractivity contribution < 1.29 is 9.53 Å². The van der Waals surface area contributed by atoms with Gasteiger partial charge in [0.15, 0.2) is 0 Å². The molecule has 88 valence electrons. The predicted octanol–water partition coefficient (Wildman–Crippen LogP) is 2.50. The average Bonchev–Trinajstić information content (AvgIpc) is 2.27. The van der Waals surface area contributed by atoms with Gasteiger partial charge in [-0.1, -0.05) is 12.1 Å². The zero-order valence-electron chi connectivity index (χ0n) is 9.66. The first kappa shape index (κ1) is 12.8. The quantitative estimate of drug-likeness (QED) is 0.823. The second-order valence-electron chi connectivity index (χ2n) is 3.80. The molecule has 0 bridgehead atoms. The number of benzene rings is 1. The van der Waals surface area contributed by atoms with Gasteiger partial charge in [0.05, 0.1) is 7.11 Å². The Morgan fingerprint density at radius 1 is 1.31 bits per heavy atom. The molecule has 0 saturated carbocycles. The van der Waals surface area contributed by atoms with E-state index < -0.39 is 5.38 Å². The summed E-state index contributed by atoms with van der Waals surface area (Å²) in [7, 11) is 1.60. The van der Waals surface area contributed by atoms with Gasteiger partial charge in [-0.2, -0.15) is 0 Å². The summed E-state index contributed by atoms with van der Waals surface area (Å²) in [6, 6.07) is 7.24. The fraction of sp³-hybridized carbons (Fsp3) is 0.417. The minimum atomic E-state index is -0.659. The maximum atomic E-state index is 11.6. The highest BCUT2D eigenvalue weighted by Gasteiger charge is 2.17. The highest BCUT2D eigenvalue weighted by molar-refractivity contribution is 6.30. The van der Waals surface area contributed by atoms with E-state index in [2.05, 4.69) is 5.32 Å². The molecule has 16 heavy (non-hydrogen) atoms. The Kier molecular flexibility index (Phi) is 4.62. The summed E-state index contributed by atoms with van der Waals surface area (Å²) in [5, 5.41) is 2.11. The molecule has 1 amide bonds. The van der Waals surface area contributed by atoms with Gasteiger partial charge >= 0.3 is 0 Å². The minimum Gasteiger partial charge on any atom is -0.497 e. The number of amides is 1. The van der Waals surface area contributed by atoms with Crippen molar-refractivity contribution in [3.05, 3.63) is 29.8 Å². The highest BCUT2D eigenvalue weighted by Crippen LogP contribution is 2.23. The summed E-state index contributed by atoms with van der Waals surface area (Å²) in [4.78, 5) is 11.6. The highest BCUT2D eigenvalue weighted by atomic mass is 35.5. The molecule has 0 saturated heterocycles. The Labute approximate surface area is 101 Å². The Balaban J connectivity index is 2.72. The van der Waals surface area contributed by atoms with E-state index in [4.69, 9.17) is 16.3 Å². The lowest BCUT2D eigenvalue weighted by Crippen LogP contribution is -2.32. The molecule has 1 aromatic rings. The Morgan fingerprint density at radius 2 is 1.88 bits per heavy atom. The molecule has 0 aliphatic carbocycles. The third kappa shape index (κ3) is 3.42. The van der Waals surface area contributed by atoms with Crippen molar-refractivity contribution in [2.24, 2.45) is 0 Å². The average molecular weight is 242 g/mol. The summed E-state index contributed by atoms with van der Waals surface area (Å²) in [6.07, 6.45) is 0. The van der Waals surface area contributed by atoms with Gasteiger partial charge in [0.1, 0.15) is 11.1 Å². The van der Waals surface area contributed by atoms with Gasteiger partial charge in [-0.25, -0.2) is 0 Å². The number of hydrogen-bond donors (Lipinski definition) is 1. The van der Waals surface area contributed by atoms with E-state index in [1.165, 1.54) is 0 Å². The normalized spacial score (nSPS) is 12.3. The molecular formula is C12H16ClNO2. The lowest BCUT2D eigenvalue weighted by molar-refractivity contribution is -0.121. The first-order chi connectivity index (χ1) is 7.54. The zero-order chi connectivity index (χ0) is 12.1. The molecule has 0 heterocycles. The summed E-state index contributed by atoms with van der Waals surface area (Å²) in [6.45, 7) is 3.80. The Morgan fingerprint density at radius 3 is 2.31 bits per heavy atom. The molecule has 0 aliphatic rings. The van der Waals surface area contributed by atoms with Crippen LogP contribution in [0.25, 0.3) is 0 Å². The van der Waals surface area contributed by atoms with Crippen molar-refractivity contribution in [1.82, 2.24) is 5.32 Å². The lowest BCUT2D eigenvalue weighted by Gasteiger charge is -2.13. The topological polar surface area (TPSA) is 38.3 Å². The van der Waals surface area contributed by atoms with Crippen molar-refractivity contribution >= 4 is 17.5 Å². The van der Waals surface area contributed by atoms with Gasteiger partial charge in [0.25, 0.3) is 0 Å². The fourth-order valence-electron chi connectivity index (χ4n) is 1.28. The molecule has 1 N–H and O–H groups in total. The number of methoxy groups -OCH3 is 1. The van der Waals surface area contributed by atoms with Crippen LogP contribution in [0, 0.1) is 0 Å². The molecule has 0 radical (unpaired) electrons. The third-order valence-corrected chi connectivity index (χ3v) is 2.52. The maximum Gasteiger partial charge on any atom is 0.242 e. The molecule has 0 spiro atoms. The molecule has 1 atom stereocenters. The van der Waals surface area contributed by atoms with E-state index in [0.29, 0.717) is 0 Å². The number of halogens is 1. The maximum absolute atomic E-state index is 11.6. The predicted molar refractivity (Wildman–Crippen MR) is 64.9 cm³/mol. The third-order valence-electron chi connectivity index (χ3n) is 2.07. The van der Waals surface area contributed by atoms with Crippen LogP contribution in [0.4, 0.5) is 0 Å². The van der Waals surface area contributed by atoms with Gasteiger partial charge in [-0.3, -0.25) is 4.79 Å². The van der Waals surface area contributed by atoms with Crippen LogP contribution in [0.1, 0.15) is 24.8 Å². The van der Waals surface area contributed by atoms with Crippen LogP contribution in [-0.4, -0.2) is 19.1 Å². The number of ether oxygens (including phenoxy) is 1. The first-order valence-electron chi connectivity index (χ1n) is 5.13. The fourth-order valence-corrected chi connectivity index (χ4v) is 1.49. The van der Waals surface area contributed by atoms with Gasteiger partial charge < -0.3 is 10.1 Å². The number of hydrogen-bond acceptors (Lipinski definition) is 2. The van der Waals surface area contributed by atoms with Crippen molar-refractivity contribution in [3.8, 4) is 5.75 Å². The van der Waals surface area contributed by atoms with Crippen LogP contribution < -0.4 is 10.1 Å². The van der Waals surface area contributed by atoms with Crippen molar-refractivity contribution in [1.29, 1.82) is 0 Å². The van der Waals surface area contributed by atoms with Crippen molar-refractivity contribution in [2.75, 3.05) is 7.11 Å². The number of rotatable bonds is 4. The second kappa shape index (κ2) is 5.75.